The normalized spacial score (nSPS) is 12.8. The van der Waals surface area contributed by atoms with E-state index in [0.717, 1.165) is 12.8 Å². The summed E-state index contributed by atoms with van der Waals surface area (Å²) in [7, 11) is 0. The number of hydrogen-bond acceptors (Lipinski definition) is 2. The van der Waals surface area contributed by atoms with Crippen LogP contribution in [-0.4, -0.2) is 6.26 Å². The molecule has 0 heterocycles. The maximum Gasteiger partial charge on any atom is 0.0294 e. The minimum atomic E-state index is 0.209. The third-order valence-corrected chi connectivity index (χ3v) is 2.89. The maximum absolute atomic E-state index is 5.99. The smallest absolute Gasteiger partial charge is 0.0294 e. The van der Waals surface area contributed by atoms with Crippen LogP contribution in [0, 0.1) is 0 Å². The fourth-order valence-electron chi connectivity index (χ4n) is 1.33. The van der Waals surface area contributed by atoms with Crippen LogP contribution < -0.4 is 5.73 Å². The van der Waals surface area contributed by atoms with Gasteiger partial charge < -0.3 is 5.73 Å². The van der Waals surface area contributed by atoms with Crippen molar-refractivity contribution in [1.82, 2.24) is 0 Å². The van der Waals surface area contributed by atoms with Crippen LogP contribution in [0.1, 0.15) is 31.4 Å². The van der Waals surface area contributed by atoms with Gasteiger partial charge in [0.2, 0.25) is 0 Å². The monoisotopic (exact) mass is 195 g/mol. The van der Waals surface area contributed by atoms with Crippen molar-refractivity contribution in [2.75, 3.05) is 6.26 Å². The standard InChI is InChI=1S/C11H17NS/c1-3-4-11(12)9-5-7-10(13-2)8-6-9/h5-8,11H,3-4,12H2,1-2H3. The predicted octanol–water partition coefficient (Wildman–Crippen LogP) is 3.21. The summed E-state index contributed by atoms with van der Waals surface area (Å²) in [4.78, 5) is 1.30. The van der Waals surface area contributed by atoms with Crippen molar-refractivity contribution >= 4 is 11.8 Å². The van der Waals surface area contributed by atoms with Crippen LogP contribution in [0.3, 0.4) is 0 Å². The molecule has 0 aliphatic carbocycles. The molecule has 1 nitrogen and oxygen atoms in total. The Balaban J connectivity index is 2.67. The molecule has 0 saturated heterocycles. The Morgan fingerprint density at radius 1 is 1.31 bits per heavy atom. The average Bonchev–Trinajstić information content (AvgIpc) is 2.18. The van der Waals surface area contributed by atoms with Crippen LogP contribution in [0.4, 0.5) is 0 Å². The number of rotatable bonds is 4. The van der Waals surface area contributed by atoms with Gasteiger partial charge in [-0.15, -0.1) is 11.8 Å². The van der Waals surface area contributed by atoms with Gasteiger partial charge in [0.25, 0.3) is 0 Å². The largest absolute Gasteiger partial charge is 0.324 e. The zero-order valence-corrected chi connectivity index (χ0v) is 9.10. The summed E-state index contributed by atoms with van der Waals surface area (Å²) < 4.78 is 0. The molecule has 1 aromatic rings. The molecule has 13 heavy (non-hydrogen) atoms. The van der Waals surface area contributed by atoms with Crippen LogP contribution in [0.25, 0.3) is 0 Å². The Morgan fingerprint density at radius 2 is 1.92 bits per heavy atom. The topological polar surface area (TPSA) is 26.0 Å². The van der Waals surface area contributed by atoms with Gasteiger partial charge >= 0.3 is 0 Å². The fourth-order valence-corrected chi connectivity index (χ4v) is 1.74. The lowest BCUT2D eigenvalue weighted by molar-refractivity contribution is 0.638. The molecule has 0 fully saturated rings. The third-order valence-electron chi connectivity index (χ3n) is 2.14. The van der Waals surface area contributed by atoms with Gasteiger partial charge in [-0.05, 0) is 30.4 Å². The molecular formula is C11H17NS. The Hall–Kier alpha value is -0.470. The molecule has 0 radical (unpaired) electrons. The minimum absolute atomic E-state index is 0.209. The van der Waals surface area contributed by atoms with E-state index in [9.17, 15) is 0 Å². The first-order valence-electron chi connectivity index (χ1n) is 4.67. The molecule has 1 rings (SSSR count). The molecule has 0 saturated carbocycles. The number of hydrogen-bond donors (Lipinski definition) is 1. The van der Waals surface area contributed by atoms with E-state index < -0.39 is 0 Å². The number of thioether (sulfide) groups is 1. The molecule has 0 bridgehead atoms. The van der Waals surface area contributed by atoms with E-state index in [2.05, 4.69) is 37.4 Å². The highest BCUT2D eigenvalue weighted by Gasteiger charge is 2.03. The maximum atomic E-state index is 5.99. The molecule has 1 unspecified atom stereocenters. The van der Waals surface area contributed by atoms with Crippen LogP contribution in [-0.2, 0) is 0 Å². The van der Waals surface area contributed by atoms with E-state index in [1.54, 1.807) is 11.8 Å². The first-order valence-corrected chi connectivity index (χ1v) is 5.90. The Labute approximate surface area is 84.7 Å². The van der Waals surface area contributed by atoms with E-state index in [-0.39, 0.29) is 6.04 Å². The van der Waals surface area contributed by atoms with Crippen LogP contribution in [0.2, 0.25) is 0 Å². The lowest BCUT2D eigenvalue weighted by atomic mass is 10.0. The second-order valence-corrected chi connectivity index (χ2v) is 4.05. The summed E-state index contributed by atoms with van der Waals surface area (Å²) in [5.74, 6) is 0. The van der Waals surface area contributed by atoms with Crippen molar-refractivity contribution in [3.63, 3.8) is 0 Å². The van der Waals surface area contributed by atoms with Gasteiger partial charge in [0.05, 0.1) is 0 Å². The molecule has 2 heteroatoms. The van der Waals surface area contributed by atoms with Gasteiger partial charge in [-0.25, -0.2) is 0 Å². The van der Waals surface area contributed by atoms with Gasteiger partial charge in [-0.2, -0.15) is 0 Å². The highest BCUT2D eigenvalue weighted by atomic mass is 32.2. The molecule has 0 spiro atoms. The average molecular weight is 195 g/mol. The van der Waals surface area contributed by atoms with E-state index in [1.807, 2.05) is 0 Å². The zero-order chi connectivity index (χ0) is 9.68. The molecule has 72 valence electrons. The molecule has 0 amide bonds. The Bertz CT molecular complexity index is 243. The Kier molecular flexibility index (Phi) is 4.33. The van der Waals surface area contributed by atoms with Crippen LogP contribution >= 0.6 is 11.8 Å². The van der Waals surface area contributed by atoms with Crippen molar-refractivity contribution in [1.29, 1.82) is 0 Å². The van der Waals surface area contributed by atoms with Gasteiger partial charge in [0, 0.05) is 10.9 Å². The summed E-state index contributed by atoms with van der Waals surface area (Å²) >= 11 is 1.76. The lowest BCUT2D eigenvalue weighted by Gasteiger charge is -2.10. The fraction of sp³-hybridized carbons (Fsp3) is 0.455. The van der Waals surface area contributed by atoms with Crippen molar-refractivity contribution in [3.05, 3.63) is 29.8 Å². The highest BCUT2D eigenvalue weighted by molar-refractivity contribution is 7.98. The van der Waals surface area contributed by atoms with Gasteiger partial charge in [0.1, 0.15) is 0 Å². The van der Waals surface area contributed by atoms with Crippen LogP contribution in [0.15, 0.2) is 29.2 Å². The Morgan fingerprint density at radius 3 is 2.38 bits per heavy atom. The quantitative estimate of drug-likeness (QED) is 0.747. The molecule has 0 aromatic heterocycles. The number of nitrogens with two attached hydrogens (primary N) is 1. The first-order chi connectivity index (χ1) is 6.27. The molecule has 0 aliphatic heterocycles. The van der Waals surface area contributed by atoms with Crippen molar-refractivity contribution < 1.29 is 0 Å². The summed E-state index contributed by atoms with van der Waals surface area (Å²) in [5.41, 5.74) is 7.24. The summed E-state index contributed by atoms with van der Waals surface area (Å²) in [6.07, 6.45) is 4.30. The highest BCUT2D eigenvalue weighted by Crippen LogP contribution is 2.20. The summed E-state index contributed by atoms with van der Waals surface area (Å²) in [6, 6.07) is 8.74. The molecular weight excluding hydrogens is 178 g/mol. The number of benzene rings is 1. The van der Waals surface area contributed by atoms with E-state index in [1.165, 1.54) is 10.5 Å². The first kappa shape index (κ1) is 10.6. The van der Waals surface area contributed by atoms with Gasteiger partial charge in [-0.3, -0.25) is 0 Å². The molecule has 0 aliphatic rings. The molecule has 1 atom stereocenters. The van der Waals surface area contributed by atoms with Crippen LogP contribution in [0.5, 0.6) is 0 Å². The summed E-state index contributed by atoms with van der Waals surface area (Å²) in [5, 5.41) is 0. The summed E-state index contributed by atoms with van der Waals surface area (Å²) in [6.45, 7) is 2.16. The van der Waals surface area contributed by atoms with Gasteiger partial charge in [0.15, 0.2) is 0 Å². The van der Waals surface area contributed by atoms with Gasteiger partial charge in [-0.1, -0.05) is 25.5 Å². The van der Waals surface area contributed by atoms with Crippen molar-refractivity contribution in [3.8, 4) is 0 Å². The minimum Gasteiger partial charge on any atom is -0.324 e. The van der Waals surface area contributed by atoms with Crippen molar-refractivity contribution in [2.45, 2.75) is 30.7 Å². The SMILES string of the molecule is CCCC(N)c1ccc(SC)cc1. The molecule has 2 N–H and O–H groups in total. The third kappa shape index (κ3) is 3.05. The van der Waals surface area contributed by atoms with E-state index in [0.29, 0.717) is 0 Å². The van der Waals surface area contributed by atoms with Crippen molar-refractivity contribution in [2.24, 2.45) is 5.73 Å². The lowest BCUT2D eigenvalue weighted by Crippen LogP contribution is -2.09. The predicted molar refractivity (Wildman–Crippen MR) is 60.1 cm³/mol. The zero-order valence-electron chi connectivity index (χ0n) is 8.29. The second-order valence-electron chi connectivity index (χ2n) is 3.17. The van der Waals surface area contributed by atoms with E-state index >= 15 is 0 Å². The second kappa shape index (κ2) is 5.30. The molecule has 1 aromatic carbocycles. The van der Waals surface area contributed by atoms with E-state index in [4.69, 9.17) is 5.73 Å².